The van der Waals surface area contributed by atoms with Gasteiger partial charge >= 0.3 is 0 Å². The molecule has 0 aliphatic rings. The van der Waals surface area contributed by atoms with E-state index >= 15 is 0 Å². The second kappa shape index (κ2) is 40.0. The molecular weight excluding hydrogens is 496 g/mol. The highest BCUT2D eigenvalue weighted by atomic mass is 16.2. The van der Waals surface area contributed by atoms with E-state index in [0.717, 1.165) is 12.8 Å². The summed E-state index contributed by atoms with van der Waals surface area (Å²) in [5.74, 6) is 0. The third kappa shape index (κ3) is 40.0. The maximum Gasteiger partial charge on any atom is 0.0431 e. The molecule has 0 spiro atoms. The predicted octanol–water partition coefficient (Wildman–Crippen LogP) is 14.6. The average Bonchev–Trinajstić information content (AvgIpc) is 2.98. The first-order valence-electron chi connectivity index (χ1n) is 19.8. The minimum atomic E-state index is 0.374. The highest BCUT2D eigenvalue weighted by molar-refractivity contribution is 4.53. The van der Waals surface area contributed by atoms with Crippen molar-refractivity contribution in [3.05, 3.63) is 6.92 Å². The molecule has 0 aromatic rings. The van der Waals surface area contributed by atoms with Crippen LogP contribution in [0.1, 0.15) is 244 Å². The van der Waals surface area contributed by atoms with E-state index in [2.05, 4.69) is 6.92 Å². The molecule has 0 aromatic heterocycles. The standard InChI is InChI=1S/C40H81O/c1-2-3-4-5-6-7-8-9-10-11-12-13-14-15-16-17-18-19-20-21-22-23-24-25-26-27-28-29-30-31-32-33-34-35-36-37-38-39-40-41/h41H,1-40H2. The van der Waals surface area contributed by atoms with Crippen LogP contribution in [0.15, 0.2) is 0 Å². The summed E-state index contributed by atoms with van der Waals surface area (Å²) in [6, 6.07) is 0. The molecule has 0 aliphatic carbocycles. The second-order valence-electron chi connectivity index (χ2n) is 13.7. The Morgan fingerprint density at radius 1 is 0.195 bits per heavy atom. The van der Waals surface area contributed by atoms with E-state index in [1.807, 2.05) is 0 Å². The Labute approximate surface area is 262 Å². The van der Waals surface area contributed by atoms with Crippen LogP contribution in [0.5, 0.6) is 0 Å². The van der Waals surface area contributed by atoms with Crippen LogP contribution < -0.4 is 0 Å². The minimum absolute atomic E-state index is 0.374. The number of aliphatic hydroxyl groups excluding tert-OH is 1. The van der Waals surface area contributed by atoms with Gasteiger partial charge in [0.25, 0.3) is 0 Å². The summed E-state index contributed by atoms with van der Waals surface area (Å²) in [7, 11) is 0. The fourth-order valence-electron chi connectivity index (χ4n) is 6.48. The maximum atomic E-state index is 8.79. The van der Waals surface area contributed by atoms with Gasteiger partial charge in [0.2, 0.25) is 0 Å². The van der Waals surface area contributed by atoms with E-state index in [9.17, 15) is 0 Å². The van der Waals surface area contributed by atoms with Gasteiger partial charge in [-0.05, 0) is 6.42 Å². The van der Waals surface area contributed by atoms with Gasteiger partial charge in [-0.3, -0.25) is 0 Å². The molecule has 1 nitrogen and oxygen atoms in total. The minimum Gasteiger partial charge on any atom is -0.396 e. The molecule has 0 rings (SSSR count). The predicted molar refractivity (Wildman–Crippen MR) is 188 cm³/mol. The Bertz CT molecular complexity index is 381. The third-order valence-electron chi connectivity index (χ3n) is 9.41. The molecule has 0 aliphatic heterocycles. The molecule has 41 heavy (non-hydrogen) atoms. The largest absolute Gasteiger partial charge is 0.396 e. The maximum absolute atomic E-state index is 8.79. The summed E-state index contributed by atoms with van der Waals surface area (Å²) in [5, 5.41) is 8.79. The van der Waals surface area contributed by atoms with Gasteiger partial charge in [-0.25, -0.2) is 0 Å². The molecule has 0 unspecified atom stereocenters. The highest BCUT2D eigenvalue weighted by Gasteiger charge is 1.97. The third-order valence-corrected chi connectivity index (χ3v) is 9.41. The number of aliphatic hydroxyl groups is 1. The SMILES string of the molecule is [CH2]CCCCCCCCCCCCCCCCCCCCCCCCCCCCCCCCCCCCCCCO. The Hall–Kier alpha value is -0.0400. The van der Waals surface area contributed by atoms with Crippen LogP contribution in [0.4, 0.5) is 0 Å². The lowest BCUT2D eigenvalue weighted by atomic mass is 10.0. The van der Waals surface area contributed by atoms with Crippen LogP contribution in [0.25, 0.3) is 0 Å². The first-order valence-corrected chi connectivity index (χ1v) is 19.8. The number of hydrogen-bond donors (Lipinski definition) is 1. The van der Waals surface area contributed by atoms with Crippen LogP contribution in [0, 0.1) is 6.92 Å². The summed E-state index contributed by atoms with van der Waals surface area (Å²) in [6.45, 7) is 4.30. The Kier molecular flexibility index (Phi) is 39.9. The van der Waals surface area contributed by atoms with Crippen LogP contribution in [0.3, 0.4) is 0 Å². The molecule has 1 N–H and O–H groups in total. The molecule has 247 valence electrons. The van der Waals surface area contributed by atoms with Crippen molar-refractivity contribution in [3.63, 3.8) is 0 Å². The fourth-order valence-corrected chi connectivity index (χ4v) is 6.48. The van der Waals surface area contributed by atoms with Gasteiger partial charge in [-0.15, -0.1) is 0 Å². The van der Waals surface area contributed by atoms with Crippen LogP contribution in [0.2, 0.25) is 0 Å². The molecular formula is C40H81O. The van der Waals surface area contributed by atoms with Crippen molar-refractivity contribution in [2.45, 2.75) is 244 Å². The van der Waals surface area contributed by atoms with E-state index in [4.69, 9.17) is 5.11 Å². The van der Waals surface area contributed by atoms with Gasteiger partial charge in [-0.1, -0.05) is 244 Å². The molecule has 0 aromatic carbocycles. The number of unbranched alkanes of at least 4 members (excludes halogenated alkanes) is 37. The number of hydrogen-bond acceptors (Lipinski definition) is 1. The van der Waals surface area contributed by atoms with Crippen molar-refractivity contribution in [2.75, 3.05) is 6.61 Å². The first-order chi connectivity index (χ1) is 20.4. The zero-order valence-corrected chi connectivity index (χ0v) is 28.7. The van der Waals surface area contributed by atoms with E-state index in [0.29, 0.717) is 6.61 Å². The summed E-state index contributed by atoms with van der Waals surface area (Å²) < 4.78 is 0. The summed E-state index contributed by atoms with van der Waals surface area (Å²) in [5.41, 5.74) is 0. The highest BCUT2D eigenvalue weighted by Crippen LogP contribution is 2.17. The van der Waals surface area contributed by atoms with Crippen molar-refractivity contribution in [1.29, 1.82) is 0 Å². The van der Waals surface area contributed by atoms with Gasteiger partial charge in [0.05, 0.1) is 0 Å². The molecule has 0 fully saturated rings. The van der Waals surface area contributed by atoms with Crippen molar-refractivity contribution in [1.82, 2.24) is 0 Å². The van der Waals surface area contributed by atoms with Crippen molar-refractivity contribution < 1.29 is 5.11 Å². The lowest BCUT2D eigenvalue weighted by molar-refractivity contribution is 0.282. The van der Waals surface area contributed by atoms with Crippen LogP contribution in [-0.4, -0.2) is 11.7 Å². The molecule has 0 amide bonds. The normalized spacial score (nSPS) is 11.6. The van der Waals surface area contributed by atoms with Gasteiger partial charge in [0.15, 0.2) is 0 Å². The first kappa shape index (κ1) is 41.0. The van der Waals surface area contributed by atoms with Gasteiger partial charge < -0.3 is 5.11 Å². The van der Waals surface area contributed by atoms with Crippen LogP contribution in [-0.2, 0) is 0 Å². The lowest BCUT2D eigenvalue weighted by Gasteiger charge is -2.05. The van der Waals surface area contributed by atoms with Gasteiger partial charge in [0.1, 0.15) is 0 Å². The molecule has 1 radical (unpaired) electrons. The second-order valence-corrected chi connectivity index (χ2v) is 13.7. The van der Waals surface area contributed by atoms with E-state index < -0.39 is 0 Å². The van der Waals surface area contributed by atoms with Gasteiger partial charge in [0, 0.05) is 6.61 Å². The smallest absolute Gasteiger partial charge is 0.0431 e. The lowest BCUT2D eigenvalue weighted by Crippen LogP contribution is -1.85. The van der Waals surface area contributed by atoms with E-state index in [1.54, 1.807) is 0 Å². The van der Waals surface area contributed by atoms with Gasteiger partial charge in [-0.2, -0.15) is 0 Å². The Morgan fingerprint density at radius 3 is 0.439 bits per heavy atom. The number of rotatable bonds is 38. The summed E-state index contributed by atoms with van der Waals surface area (Å²) in [6.07, 6.45) is 54.4. The molecule has 0 saturated carbocycles. The summed E-state index contributed by atoms with van der Waals surface area (Å²) in [4.78, 5) is 0. The van der Waals surface area contributed by atoms with E-state index in [-0.39, 0.29) is 0 Å². The topological polar surface area (TPSA) is 20.2 Å². The average molecular weight is 578 g/mol. The molecule has 0 heterocycles. The molecule has 1 heteroatoms. The van der Waals surface area contributed by atoms with Crippen molar-refractivity contribution >= 4 is 0 Å². The van der Waals surface area contributed by atoms with E-state index in [1.165, 1.54) is 231 Å². The zero-order chi connectivity index (χ0) is 29.6. The van der Waals surface area contributed by atoms with Crippen LogP contribution >= 0.6 is 0 Å². The molecule has 0 bridgehead atoms. The van der Waals surface area contributed by atoms with Crippen molar-refractivity contribution in [3.8, 4) is 0 Å². The monoisotopic (exact) mass is 578 g/mol. The van der Waals surface area contributed by atoms with Crippen molar-refractivity contribution in [2.24, 2.45) is 0 Å². The zero-order valence-electron chi connectivity index (χ0n) is 28.7. The fraction of sp³-hybridized carbons (Fsp3) is 0.975. The summed E-state index contributed by atoms with van der Waals surface area (Å²) >= 11 is 0. The Balaban J connectivity index is 3.02. The molecule has 0 atom stereocenters. The molecule has 0 saturated heterocycles. The quantitative estimate of drug-likeness (QED) is 0.0723. The Morgan fingerprint density at radius 2 is 0.317 bits per heavy atom.